The third-order valence-corrected chi connectivity index (χ3v) is 2.53. The monoisotopic (exact) mass is 226 g/mol. The molecule has 0 fully saturated rings. The van der Waals surface area contributed by atoms with Crippen LogP contribution in [-0.2, 0) is 4.74 Å². The summed E-state index contributed by atoms with van der Waals surface area (Å²) in [5.41, 5.74) is 7.17. The second-order valence-electron chi connectivity index (χ2n) is 3.88. The maximum atomic E-state index is 13.6. The first-order valence-electron chi connectivity index (χ1n) is 5.32. The number of ether oxygens (including phenoxy) is 1. The first-order valence-corrected chi connectivity index (χ1v) is 5.32. The molecule has 1 aromatic carbocycles. The maximum absolute atomic E-state index is 13.6. The molecule has 0 aliphatic rings. The van der Waals surface area contributed by atoms with Crippen LogP contribution in [0.4, 0.5) is 10.1 Å². The van der Waals surface area contributed by atoms with Crippen LogP contribution in [0.2, 0.25) is 0 Å². The molecule has 0 unspecified atom stereocenters. The number of nitrogens with two attached hydrogens (primary N) is 1. The van der Waals surface area contributed by atoms with E-state index in [1.807, 2.05) is 18.0 Å². The van der Waals surface area contributed by atoms with Gasteiger partial charge in [0, 0.05) is 38.0 Å². The van der Waals surface area contributed by atoms with Gasteiger partial charge in [0.15, 0.2) is 0 Å². The Morgan fingerprint density at radius 1 is 1.50 bits per heavy atom. The maximum Gasteiger partial charge on any atom is 0.130 e. The van der Waals surface area contributed by atoms with E-state index >= 15 is 0 Å². The van der Waals surface area contributed by atoms with Crippen molar-refractivity contribution in [2.75, 3.05) is 32.2 Å². The summed E-state index contributed by atoms with van der Waals surface area (Å²) in [5, 5.41) is 0. The molecule has 0 heterocycles. The lowest BCUT2D eigenvalue weighted by molar-refractivity contribution is 0.206. The molecule has 0 amide bonds. The van der Waals surface area contributed by atoms with Crippen LogP contribution in [0.1, 0.15) is 18.5 Å². The van der Waals surface area contributed by atoms with E-state index in [9.17, 15) is 4.39 Å². The highest BCUT2D eigenvalue weighted by Gasteiger charge is 2.14. The van der Waals surface area contributed by atoms with Crippen molar-refractivity contribution in [2.24, 2.45) is 5.73 Å². The van der Waals surface area contributed by atoms with Crippen LogP contribution in [0.3, 0.4) is 0 Å². The summed E-state index contributed by atoms with van der Waals surface area (Å²) in [6, 6.07) is 4.69. The highest BCUT2D eigenvalue weighted by atomic mass is 19.1. The zero-order valence-electron chi connectivity index (χ0n) is 10.0. The molecule has 0 radical (unpaired) electrons. The zero-order chi connectivity index (χ0) is 12.1. The molecule has 0 bridgehead atoms. The summed E-state index contributed by atoms with van der Waals surface area (Å²) in [6.45, 7) is 3.09. The fourth-order valence-corrected chi connectivity index (χ4v) is 1.66. The number of rotatable bonds is 5. The van der Waals surface area contributed by atoms with E-state index in [0.717, 1.165) is 5.69 Å². The van der Waals surface area contributed by atoms with Gasteiger partial charge in [-0.2, -0.15) is 0 Å². The minimum atomic E-state index is -0.318. The molecule has 4 heteroatoms. The Labute approximate surface area is 96.0 Å². The second-order valence-corrected chi connectivity index (χ2v) is 3.88. The number of hydrogen-bond donors (Lipinski definition) is 1. The van der Waals surface area contributed by atoms with Gasteiger partial charge in [-0.25, -0.2) is 4.39 Å². The van der Waals surface area contributed by atoms with Crippen molar-refractivity contribution in [2.45, 2.75) is 13.0 Å². The van der Waals surface area contributed by atoms with E-state index in [-0.39, 0.29) is 11.9 Å². The van der Waals surface area contributed by atoms with Gasteiger partial charge in [-0.1, -0.05) is 6.07 Å². The molecule has 3 nitrogen and oxygen atoms in total. The molecule has 0 saturated carbocycles. The Morgan fingerprint density at radius 2 is 2.19 bits per heavy atom. The van der Waals surface area contributed by atoms with E-state index in [1.165, 1.54) is 6.07 Å². The molecular formula is C12H19FN2O. The second kappa shape index (κ2) is 5.82. The molecule has 1 atom stereocenters. The molecule has 0 aliphatic carbocycles. The minimum absolute atomic E-state index is 0.253. The Kier molecular flexibility index (Phi) is 4.71. The van der Waals surface area contributed by atoms with Gasteiger partial charge in [0.05, 0.1) is 6.61 Å². The van der Waals surface area contributed by atoms with Crippen molar-refractivity contribution in [3.05, 3.63) is 29.6 Å². The fourth-order valence-electron chi connectivity index (χ4n) is 1.66. The summed E-state index contributed by atoms with van der Waals surface area (Å²) in [5.74, 6) is -0.253. The highest BCUT2D eigenvalue weighted by Crippen LogP contribution is 2.26. The van der Waals surface area contributed by atoms with Crippen LogP contribution in [-0.4, -0.2) is 27.3 Å². The normalized spacial score (nSPS) is 12.6. The molecule has 1 aromatic rings. The van der Waals surface area contributed by atoms with Crippen LogP contribution in [0.5, 0.6) is 0 Å². The quantitative estimate of drug-likeness (QED) is 0.833. The van der Waals surface area contributed by atoms with Crippen LogP contribution in [0.15, 0.2) is 18.2 Å². The van der Waals surface area contributed by atoms with Gasteiger partial charge in [0.1, 0.15) is 5.82 Å². The Balaban J connectivity index is 2.98. The number of hydrogen-bond acceptors (Lipinski definition) is 3. The predicted octanol–water partition coefficient (Wildman–Crippen LogP) is 1.93. The van der Waals surface area contributed by atoms with Crippen molar-refractivity contribution < 1.29 is 9.13 Å². The highest BCUT2D eigenvalue weighted by molar-refractivity contribution is 5.54. The lowest BCUT2D eigenvalue weighted by Gasteiger charge is -2.24. The molecule has 2 N–H and O–H groups in total. The van der Waals surface area contributed by atoms with Crippen molar-refractivity contribution in [3.8, 4) is 0 Å². The summed E-state index contributed by atoms with van der Waals surface area (Å²) in [7, 11) is 3.55. The van der Waals surface area contributed by atoms with Gasteiger partial charge < -0.3 is 15.4 Å². The van der Waals surface area contributed by atoms with E-state index in [1.54, 1.807) is 20.1 Å². The third-order valence-electron chi connectivity index (χ3n) is 2.53. The van der Waals surface area contributed by atoms with E-state index in [0.29, 0.717) is 18.7 Å². The smallest absolute Gasteiger partial charge is 0.130 e. The molecule has 0 saturated heterocycles. The van der Waals surface area contributed by atoms with Crippen molar-refractivity contribution in [1.29, 1.82) is 0 Å². The van der Waals surface area contributed by atoms with Crippen LogP contribution in [0.25, 0.3) is 0 Å². The number of methoxy groups -OCH3 is 1. The van der Waals surface area contributed by atoms with Gasteiger partial charge in [-0.05, 0) is 19.1 Å². The summed E-state index contributed by atoms with van der Waals surface area (Å²) in [4.78, 5) is 1.95. The first kappa shape index (κ1) is 12.9. The van der Waals surface area contributed by atoms with Crippen molar-refractivity contribution in [3.63, 3.8) is 0 Å². The summed E-state index contributed by atoms with van der Waals surface area (Å²) < 4.78 is 18.6. The van der Waals surface area contributed by atoms with Gasteiger partial charge in [0.2, 0.25) is 0 Å². The van der Waals surface area contributed by atoms with Crippen LogP contribution >= 0.6 is 0 Å². The molecule has 90 valence electrons. The number of likely N-dealkylation sites (N-methyl/N-ethyl adjacent to an activating group) is 1. The average Bonchev–Trinajstić information content (AvgIpc) is 2.24. The lowest BCUT2D eigenvalue weighted by atomic mass is 10.1. The topological polar surface area (TPSA) is 38.5 Å². The molecule has 16 heavy (non-hydrogen) atoms. The van der Waals surface area contributed by atoms with E-state index < -0.39 is 0 Å². The molecule has 0 aromatic heterocycles. The van der Waals surface area contributed by atoms with Gasteiger partial charge in [-0.15, -0.1) is 0 Å². The average molecular weight is 226 g/mol. The van der Waals surface area contributed by atoms with Crippen LogP contribution in [0, 0.1) is 5.82 Å². The Hall–Kier alpha value is -1.13. The minimum Gasteiger partial charge on any atom is -0.383 e. The largest absolute Gasteiger partial charge is 0.383 e. The van der Waals surface area contributed by atoms with Crippen molar-refractivity contribution in [1.82, 2.24) is 0 Å². The number of halogens is 1. The first-order chi connectivity index (χ1) is 7.57. The molecule has 0 aliphatic heterocycles. The van der Waals surface area contributed by atoms with E-state index in [2.05, 4.69) is 0 Å². The molecule has 1 rings (SSSR count). The molecular weight excluding hydrogens is 207 g/mol. The predicted molar refractivity (Wildman–Crippen MR) is 64.1 cm³/mol. The zero-order valence-corrected chi connectivity index (χ0v) is 10.0. The van der Waals surface area contributed by atoms with E-state index in [4.69, 9.17) is 10.5 Å². The Morgan fingerprint density at radius 3 is 2.75 bits per heavy atom. The SMILES string of the molecule is COCCN(C)c1cccc(F)c1[C@H](C)N. The third kappa shape index (κ3) is 2.93. The van der Waals surface area contributed by atoms with Crippen molar-refractivity contribution >= 4 is 5.69 Å². The van der Waals surface area contributed by atoms with Crippen LogP contribution < -0.4 is 10.6 Å². The fraction of sp³-hybridized carbons (Fsp3) is 0.500. The van der Waals surface area contributed by atoms with Gasteiger partial charge >= 0.3 is 0 Å². The van der Waals surface area contributed by atoms with Gasteiger partial charge in [-0.3, -0.25) is 0 Å². The standard InChI is InChI=1S/C12H19FN2O/c1-9(14)12-10(13)5-4-6-11(12)15(2)7-8-16-3/h4-6,9H,7-8,14H2,1-3H3/t9-/m0/s1. The Bertz CT molecular complexity index is 342. The summed E-state index contributed by atoms with van der Waals surface area (Å²) in [6.07, 6.45) is 0. The lowest BCUT2D eigenvalue weighted by Crippen LogP contribution is -2.25. The number of benzene rings is 1. The van der Waals surface area contributed by atoms with Gasteiger partial charge in [0.25, 0.3) is 0 Å². The molecule has 0 spiro atoms. The number of nitrogens with zero attached hydrogens (tertiary/aromatic N) is 1. The number of anilines is 1. The summed E-state index contributed by atoms with van der Waals surface area (Å²) >= 11 is 0.